The van der Waals surface area contributed by atoms with Crippen LogP contribution in [0, 0.1) is 13.8 Å². The zero-order valence-corrected chi connectivity index (χ0v) is 15.3. The van der Waals surface area contributed by atoms with E-state index in [0.29, 0.717) is 24.2 Å². The predicted octanol–water partition coefficient (Wildman–Crippen LogP) is 4.31. The van der Waals surface area contributed by atoms with Crippen LogP contribution < -0.4 is 10.6 Å². The van der Waals surface area contributed by atoms with Crippen LogP contribution in [0.1, 0.15) is 30.2 Å². The standard InChI is InChI=1S/C21H23N3O2/c1-4-20(25)23-15-6-5-7-16(11-15)24-21(26)12-17-14(3)22-19-9-8-13(2)10-18(17)19/h5-11,22H,4,12H2,1-3H3,(H,23,25)(H,24,26). The maximum atomic E-state index is 12.5. The highest BCUT2D eigenvalue weighted by Crippen LogP contribution is 2.24. The van der Waals surface area contributed by atoms with E-state index in [4.69, 9.17) is 0 Å². The first-order valence-corrected chi connectivity index (χ1v) is 8.74. The Morgan fingerprint density at radius 3 is 2.35 bits per heavy atom. The summed E-state index contributed by atoms with van der Waals surface area (Å²) in [4.78, 5) is 27.4. The summed E-state index contributed by atoms with van der Waals surface area (Å²) in [5, 5.41) is 6.79. The van der Waals surface area contributed by atoms with Gasteiger partial charge in [0, 0.05) is 34.4 Å². The summed E-state index contributed by atoms with van der Waals surface area (Å²) in [7, 11) is 0. The van der Waals surface area contributed by atoms with E-state index in [9.17, 15) is 9.59 Å². The predicted molar refractivity (Wildman–Crippen MR) is 105 cm³/mol. The van der Waals surface area contributed by atoms with Crippen molar-refractivity contribution in [2.75, 3.05) is 10.6 Å². The lowest BCUT2D eigenvalue weighted by molar-refractivity contribution is -0.116. The number of carbonyl (C=O) groups excluding carboxylic acids is 2. The second-order valence-corrected chi connectivity index (χ2v) is 6.49. The third-order valence-corrected chi connectivity index (χ3v) is 4.36. The van der Waals surface area contributed by atoms with Gasteiger partial charge in [0.2, 0.25) is 11.8 Å². The summed E-state index contributed by atoms with van der Waals surface area (Å²) >= 11 is 0. The van der Waals surface area contributed by atoms with Crippen molar-refractivity contribution in [2.45, 2.75) is 33.6 Å². The van der Waals surface area contributed by atoms with Crippen molar-refractivity contribution in [3.8, 4) is 0 Å². The number of carbonyl (C=O) groups is 2. The van der Waals surface area contributed by atoms with Crippen LogP contribution in [0.15, 0.2) is 42.5 Å². The van der Waals surface area contributed by atoms with E-state index in [-0.39, 0.29) is 11.8 Å². The molecule has 0 saturated carbocycles. The molecule has 0 aliphatic carbocycles. The van der Waals surface area contributed by atoms with Gasteiger partial charge in [-0.05, 0) is 49.7 Å². The largest absolute Gasteiger partial charge is 0.358 e. The minimum absolute atomic E-state index is 0.0572. The Hall–Kier alpha value is -3.08. The molecule has 0 spiro atoms. The Bertz CT molecular complexity index is 973. The number of H-pyrrole nitrogens is 1. The van der Waals surface area contributed by atoms with Gasteiger partial charge in [0.15, 0.2) is 0 Å². The first-order valence-electron chi connectivity index (χ1n) is 8.74. The Balaban J connectivity index is 1.76. The molecule has 0 aliphatic rings. The fourth-order valence-corrected chi connectivity index (χ4v) is 3.01. The molecule has 3 aromatic rings. The van der Waals surface area contributed by atoms with Crippen molar-refractivity contribution >= 4 is 34.1 Å². The molecule has 3 rings (SSSR count). The molecule has 0 unspecified atom stereocenters. The molecule has 0 fully saturated rings. The van der Waals surface area contributed by atoms with E-state index in [0.717, 1.165) is 27.7 Å². The zero-order valence-electron chi connectivity index (χ0n) is 15.3. The van der Waals surface area contributed by atoms with Gasteiger partial charge in [-0.3, -0.25) is 9.59 Å². The average molecular weight is 349 g/mol. The molecule has 0 bridgehead atoms. The molecular formula is C21H23N3O2. The van der Waals surface area contributed by atoms with Gasteiger partial charge in [0.05, 0.1) is 6.42 Å². The van der Waals surface area contributed by atoms with Gasteiger partial charge in [0.1, 0.15) is 0 Å². The maximum Gasteiger partial charge on any atom is 0.228 e. The van der Waals surface area contributed by atoms with Gasteiger partial charge >= 0.3 is 0 Å². The Kier molecular flexibility index (Phi) is 5.07. The van der Waals surface area contributed by atoms with Crippen molar-refractivity contribution < 1.29 is 9.59 Å². The quantitative estimate of drug-likeness (QED) is 0.642. The molecule has 2 aromatic carbocycles. The van der Waals surface area contributed by atoms with Crippen LogP contribution in [0.25, 0.3) is 10.9 Å². The van der Waals surface area contributed by atoms with Crippen LogP contribution in [0.4, 0.5) is 11.4 Å². The van der Waals surface area contributed by atoms with E-state index in [1.807, 2.05) is 26.0 Å². The first kappa shape index (κ1) is 17.7. The molecule has 134 valence electrons. The number of aromatic nitrogens is 1. The molecular weight excluding hydrogens is 326 g/mol. The monoisotopic (exact) mass is 349 g/mol. The number of aromatic amines is 1. The van der Waals surface area contributed by atoms with Gasteiger partial charge in [-0.25, -0.2) is 0 Å². The molecule has 26 heavy (non-hydrogen) atoms. The number of amides is 2. The van der Waals surface area contributed by atoms with Crippen LogP contribution in [-0.2, 0) is 16.0 Å². The second kappa shape index (κ2) is 7.44. The minimum Gasteiger partial charge on any atom is -0.358 e. The highest BCUT2D eigenvalue weighted by atomic mass is 16.2. The minimum atomic E-state index is -0.0884. The lowest BCUT2D eigenvalue weighted by Crippen LogP contribution is -2.15. The Morgan fingerprint density at radius 2 is 1.65 bits per heavy atom. The second-order valence-electron chi connectivity index (χ2n) is 6.49. The lowest BCUT2D eigenvalue weighted by Gasteiger charge is -2.09. The molecule has 5 heteroatoms. The molecule has 0 aliphatic heterocycles. The zero-order chi connectivity index (χ0) is 18.7. The van der Waals surface area contributed by atoms with E-state index in [1.165, 1.54) is 0 Å². The van der Waals surface area contributed by atoms with E-state index in [1.54, 1.807) is 25.1 Å². The maximum absolute atomic E-state index is 12.5. The fraction of sp³-hybridized carbons (Fsp3) is 0.238. The number of fused-ring (bicyclic) bond motifs is 1. The Labute approximate surface area is 152 Å². The number of anilines is 2. The third-order valence-electron chi connectivity index (χ3n) is 4.36. The molecule has 2 amide bonds. The smallest absolute Gasteiger partial charge is 0.228 e. The van der Waals surface area contributed by atoms with Gasteiger partial charge < -0.3 is 15.6 Å². The SMILES string of the molecule is CCC(=O)Nc1cccc(NC(=O)Cc2c(C)[nH]c3ccc(C)cc23)c1. The molecule has 1 aromatic heterocycles. The van der Waals surface area contributed by atoms with Gasteiger partial charge in [-0.2, -0.15) is 0 Å². The molecule has 5 nitrogen and oxygen atoms in total. The topological polar surface area (TPSA) is 74.0 Å². The number of hydrogen-bond acceptors (Lipinski definition) is 2. The molecule has 1 heterocycles. The van der Waals surface area contributed by atoms with Crippen LogP contribution in [0.3, 0.4) is 0 Å². The summed E-state index contributed by atoms with van der Waals surface area (Å²) in [6, 6.07) is 13.4. The third kappa shape index (κ3) is 3.94. The summed E-state index contributed by atoms with van der Waals surface area (Å²) in [6.07, 6.45) is 0.705. The van der Waals surface area contributed by atoms with Gasteiger partial charge in [0.25, 0.3) is 0 Å². The number of nitrogens with one attached hydrogen (secondary N) is 3. The normalized spacial score (nSPS) is 10.7. The van der Waals surface area contributed by atoms with Crippen LogP contribution in [0.2, 0.25) is 0 Å². The summed E-state index contributed by atoms with van der Waals surface area (Å²) in [6.45, 7) is 5.83. The van der Waals surface area contributed by atoms with Crippen LogP contribution in [-0.4, -0.2) is 16.8 Å². The van der Waals surface area contributed by atoms with Gasteiger partial charge in [-0.15, -0.1) is 0 Å². The van der Waals surface area contributed by atoms with E-state index >= 15 is 0 Å². The average Bonchev–Trinajstić information content (AvgIpc) is 2.90. The highest BCUT2D eigenvalue weighted by Gasteiger charge is 2.13. The highest BCUT2D eigenvalue weighted by molar-refractivity contribution is 5.97. The number of aryl methyl sites for hydroxylation is 2. The number of benzene rings is 2. The van der Waals surface area contributed by atoms with Crippen molar-refractivity contribution in [1.29, 1.82) is 0 Å². The summed E-state index contributed by atoms with van der Waals surface area (Å²) < 4.78 is 0. The number of hydrogen-bond donors (Lipinski definition) is 3. The Morgan fingerprint density at radius 1 is 0.962 bits per heavy atom. The van der Waals surface area contributed by atoms with Crippen LogP contribution in [0.5, 0.6) is 0 Å². The summed E-state index contributed by atoms with van der Waals surface area (Å²) in [5.41, 5.74) is 5.56. The lowest BCUT2D eigenvalue weighted by atomic mass is 10.1. The van der Waals surface area contributed by atoms with Crippen molar-refractivity contribution in [3.05, 3.63) is 59.3 Å². The van der Waals surface area contributed by atoms with Crippen molar-refractivity contribution in [3.63, 3.8) is 0 Å². The molecule has 0 atom stereocenters. The summed E-state index contributed by atoms with van der Waals surface area (Å²) in [5.74, 6) is -0.146. The van der Waals surface area contributed by atoms with E-state index < -0.39 is 0 Å². The molecule has 0 saturated heterocycles. The van der Waals surface area contributed by atoms with Crippen molar-refractivity contribution in [1.82, 2.24) is 4.98 Å². The molecule has 3 N–H and O–H groups in total. The van der Waals surface area contributed by atoms with E-state index in [2.05, 4.69) is 27.8 Å². The van der Waals surface area contributed by atoms with Gasteiger partial charge in [-0.1, -0.05) is 24.6 Å². The first-order chi connectivity index (χ1) is 12.5. The number of rotatable bonds is 5. The fourth-order valence-electron chi connectivity index (χ4n) is 3.01. The molecule has 0 radical (unpaired) electrons. The van der Waals surface area contributed by atoms with Crippen molar-refractivity contribution in [2.24, 2.45) is 0 Å². The van der Waals surface area contributed by atoms with Crippen LogP contribution >= 0.6 is 0 Å².